The van der Waals surface area contributed by atoms with Gasteiger partial charge in [0.25, 0.3) is 5.89 Å². The zero-order valence-corrected chi connectivity index (χ0v) is 17.4. The van der Waals surface area contributed by atoms with Crippen LogP contribution in [0.3, 0.4) is 0 Å². The number of benzene rings is 2. The highest BCUT2D eigenvalue weighted by molar-refractivity contribution is 5.90. The number of hydrogen-bond donors (Lipinski definition) is 1. The highest BCUT2D eigenvalue weighted by Gasteiger charge is 2.16. The van der Waals surface area contributed by atoms with Crippen molar-refractivity contribution in [2.75, 3.05) is 44.7 Å². The number of nitrogens with one attached hydrogen (secondary N) is 1. The topological polar surface area (TPSA) is 89.2 Å². The van der Waals surface area contributed by atoms with Crippen molar-refractivity contribution in [2.24, 2.45) is 0 Å². The van der Waals surface area contributed by atoms with E-state index in [1.165, 1.54) is 0 Å². The normalized spacial score (nSPS) is 14.7. The summed E-state index contributed by atoms with van der Waals surface area (Å²) in [4.78, 5) is 11.8. The van der Waals surface area contributed by atoms with Crippen molar-refractivity contribution in [1.82, 2.24) is 25.1 Å². The largest absolute Gasteiger partial charge is 0.413 e. The molecule has 0 atom stereocenters. The van der Waals surface area contributed by atoms with Gasteiger partial charge in [-0.05, 0) is 31.2 Å². The number of aromatic nitrogens is 4. The van der Waals surface area contributed by atoms with E-state index in [-0.39, 0.29) is 0 Å². The number of rotatable bonds is 6. The summed E-state index contributed by atoms with van der Waals surface area (Å²) < 4.78 is 11.3. The molecule has 158 valence electrons. The van der Waals surface area contributed by atoms with E-state index >= 15 is 0 Å². The molecule has 0 radical (unpaired) electrons. The summed E-state index contributed by atoms with van der Waals surface area (Å²) in [5.74, 6) is 1.94. The van der Waals surface area contributed by atoms with Crippen LogP contribution in [0.1, 0.15) is 5.56 Å². The van der Waals surface area contributed by atoms with Crippen LogP contribution in [0.2, 0.25) is 0 Å². The lowest BCUT2D eigenvalue weighted by molar-refractivity contribution is 0.0398. The minimum atomic E-state index is 0.304. The Morgan fingerprint density at radius 2 is 1.81 bits per heavy atom. The molecule has 0 saturated carbocycles. The lowest BCUT2D eigenvalue weighted by Gasteiger charge is -2.26. The van der Waals surface area contributed by atoms with Crippen LogP contribution in [0.5, 0.6) is 0 Å². The summed E-state index contributed by atoms with van der Waals surface area (Å²) in [6.07, 6.45) is 0. The van der Waals surface area contributed by atoms with Crippen molar-refractivity contribution < 1.29 is 9.15 Å². The van der Waals surface area contributed by atoms with Gasteiger partial charge in [0.1, 0.15) is 5.82 Å². The Balaban J connectivity index is 1.41. The van der Waals surface area contributed by atoms with Crippen molar-refractivity contribution in [3.63, 3.8) is 0 Å². The van der Waals surface area contributed by atoms with Crippen molar-refractivity contribution in [2.45, 2.75) is 6.92 Å². The van der Waals surface area contributed by atoms with Crippen LogP contribution in [0, 0.1) is 6.92 Å². The first-order valence-corrected chi connectivity index (χ1v) is 10.5. The van der Waals surface area contributed by atoms with E-state index in [0.717, 1.165) is 67.2 Å². The number of fused-ring (bicyclic) bond motifs is 1. The Hall–Kier alpha value is -3.36. The van der Waals surface area contributed by atoms with Crippen LogP contribution in [-0.4, -0.2) is 64.5 Å². The Kier molecular flexibility index (Phi) is 5.56. The number of nitrogens with zero attached hydrogens (tertiary/aromatic N) is 5. The molecular weight excluding hydrogens is 392 g/mol. The zero-order valence-electron chi connectivity index (χ0n) is 17.4. The third-order valence-corrected chi connectivity index (χ3v) is 5.31. The molecule has 0 aliphatic carbocycles. The fourth-order valence-corrected chi connectivity index (χ4v) is 3.67. The predicted molar refractivity (Wildman–Crippen MR) is 119 cm³/mol. The second-order valence-electron chi connectivity index (χ2n) is 7.58. The average Bonchev–Trinajstić information content (AvgIpc) is 3.30. The van der Waals surface area contributed by atoms with Crippen molar-refractivity contribution >= 4 is 16.7 Å². The first kappa shape index (κ1) is 19.6. The third kappa shape index (κ3) is 4.40. The van der Waals surface area contributed by atoms with Crippen LogP contribution < -0.4 is 5.32 Å². The minimum absolute atomic E-state index is 0.304. The zero-order chi connectivity index (χ0) is 21.0. The van der Waals surface area contributed by atoms with Crippen LogP contribution in [-0.2, 0) is 4.74 Å². The first-order valence-electron chi connectivity index (χ1n) is 10.5. The Labute approximate surface area is 180 Å². The molecule has 31 heavy (non-hydrogen) atoms. The summed E-state index contributed by atoms with van der Waals surface area (Å²) in [6, 6.07) is 15.9. The van der Waals surface area contributed by atoms with Gasteiger partial charge in [-0.15, -0.1) is 10.2 Å². The fourth-order valence-electron chi connectivity index (χ4n) is 3.67. The number of aryl methyl sites for hydroxylation is 1. The van der Waals surface area contributed by atoms with Gasteiger partial charge in [0.05, 0.1) is 18.7 Å². The third-order valence-electron chi connectivity index (χ3n) is 5.31. The second-order valence-corrected chi connectivity index (χ2v) is 7.58. The van der Waals surface area contributed by atoms with Crippen molar-refractivity contribution in [3.8, 4) is 23.2 Å². The van der Waals surface area contributed by atoms with Gasteiger partial charge >= 0.3 is 0 Å². The van der Waals surface area contributed by atoms with E-state index in [2.05, 4.69) is 25.4 Å². The van der Waals surface area contributed by atoms with E-state index in [4.69, 9.17) is 14.1 Å². The molecule has 1 N–H and O–H groups in total. The summed E-state index contributed by atoms with van der Waals surface area (Å²) in [5.41, 5.74) is 2.84. The molecule has 0 unspecified atom stereocenters. The molecule has 2 aromatic carbocycles. The minimum Gasteiger partial charge on any atom is -0.413 e. The summed E-state index contributed by atoms with van der Waals surface area (Å²) in [7, 11) is 0. The van der Waals surface area contributed by atoms with Gasteiger partial charge in [-0.3, -0.25) is 4.90 Å². The second kappa shape index (κ2) is 8.79. The van der Waals surface area contributed by atoms with Gasteiger partial charge in [-0.25, -0.2) is 9.97 Å². The van der Waals surface area contributed by atoms with Crippen LogP contribution >= 0.6 is 0 Å². The molecule has 0 spiro atoms. The molecular formula is C23H24N6O2. The van der Waals surface area contributed by atoms with E-state index in [0.29, 0.717) is 17.6 Å². The average molecular weight is 416 g/mol. The number of ether oxygens (including phenoxy) is 1. The summed E-state index contributed by atoms with van der Waals surface area (Å²) in [6.45, 7) is 7.24. The molecule has 8 heteroatoms. The molecule has 1 aliphatic rings. The molecule has 3 heterocycles. The maximum Gasteiger partial charge on any atom is 0.286 e. The predicted octanol–water partition coefficient (Wildman–Crippen LogP) is 3.40. The van der Waals surface area contributed by atoms with E-state index in [1.807, 2.05) is 55.5 Å². The standard InChI is InChI=1S/C23H24N6O2/c1-16-5-4-6-17(15-16)22-27-28-23(31-22)21-25-19-8-3-2-7-18(19)20(26-21)24-9-10-29-11-13-30-14-12-29/h2-8,15H,9-14H2,1H3,(H,24,25,26). The van der Waals surface area contributed by atoms with Gasteiger partial charge in [0.2, 0.25) is 11.7 Å². The Bertz CT molecular complexity index is 1190. The molecule has 5 rings (SSSR count). The molecule has 8 nitrogen and oxygen atoms in total. The van der Waals surface area contributed by atoms with Crippen molar-refractivity contribution in [3.05, 3.63) is 54.1 Å². The molecule has 4 aromatic rings. The SMILES string of the molecule is Cc1cccc(-c2nnc(-c3nc(NCCN4CCOCC4)c4ccccc4n3)o2)c1. The number of anilines is 1. The first-order chi connectivity index (χ1) is 15.3. The molecule has 2 aromatic heterocycles. The van der Waals surface area contributed by atoms with Gasteiger partial charge in [-0.2, -0.15) is 0 Å². The monoisotopic (exact) mass is 416 g/mol. The highest BCUT2D eigenvalue weighted by atomic mass is 16.5. The van der Waals surface area contributed by atoms with Crippen molar-refractivity contribution in [1.29, 1.82) is 0 Å². The lowest BCUT2D eigenvalue weighted by Crippen LogP contribution is -2.39. The Morgan fingerprint density at radius 1 is 0.968 bits per heavy atom. The van der Waals surface area contributed by atoms with Crippen LogP contribution in [0.15, 0.2) is 52.9 Å². The quantitative estimate of drug-likeness (QED) is 0.512. The van der Waals surface area contributed by atoms with Crippen LogP contribution in [0.25, 0.3) is 34.1 Å². The number of hydrogen-bond acceptors (Lipinski definition) is 8. The highest BCUT2D eigenvalue weighted by Crippen LogP contribution is 2.26. The maximum atomic E-state index is 5.92. The summed E-state index contributed by atoms with van der Waals surface area (Å²) in [5, 5.41) is 12.8. The maximum absolute atomic E-state index is 5.92. The smallest absolute Gasteiger partial charge is 0.286 e. The molecule has 0 bridgehead atoms. The van der Waals surface area contributed by atoms with E-state index < -0.39 is 0 Å². The Morgan fingerprint density at radius 3 is 2.68 bits per heavy atom. The fraction of sp³-hybridized carbons (Fsp3) is 0.304. The molecule has 1 fully saturated rings. The number of morpholine rings is 1. The number of para-hydroxylation sites is 1. The molecule has 1 aliphatic heterocycles. The molecule has 0 amide bonds. The van der Waals surface area contributed by atoms with E-state index in [1.54, 1.807) is 0 Å². The van der Waals surface area contributed by atoms with E-state index in [9.17, 15) is 0 Å². The van der Waals surface area contributed by atoms with Gasteiger partial charge in [0.15, 0.2) is 0 Å². The molecule has 1 saturated heterocycles. The van der Waals surface area contributed by atoms with Gasteiger partial charge in [0, 0.05) is 37.1 Å². The van der Waals surface area contributed by atoms with Gasteiger partial charge < -0.3 is 14.5 Å². The van der Waals surface area contributed by atoms with Crippen LogP contribution in [0.4, 0.5) is 5.82 Å². The van der Waals surface area contributed by atoms with Gasteiger partial charge in [-0.1, -0.05) is 29.8 Å². The lowest BCUT2D eigenvalue weighted by atomic mass is 10.1. The summed E-state index contributed by atoms with van der Waals surface area (Å²) >= 11 is 0.